The summed E-state index contributed by atoms with van der Waals surface area (Å²) >= 11 is 0. The highest BCUT2D eigenvalue weighted by Gasteiger charge is 2.18. The summed E-state index contributed by atoms with van der Waals surface area (Å²) < 4.78 is 11.1. The van der Waals surface area contributed by atoms with Gasteiger partial charge in [0.2, 0.25) is 6.79 Å². The maximum Gasteiger partial charge on any atom is 0.231 e. The Bertz CT molecular complexity index is 775. The average Bonchev–Trinajstić information content (AvgIpc) is 2.86. The summed E-state index contributed by atoms with van der Waals surface area (Å²) in [5.74, 6) is 1.72. The number of benzene rings is 3. The minimum atomic E-state index is 0.316. The van der Waals surface area contributed by atoms with Gasteiger partial charge in [0.1, 0.15) is 0 Å². The molecule has 2 heteroatoms. The molecule has 0 amide bonds. The van der Waals surface area contributed by atoms with Crippen molar-refractivity contribution in [1.29, 1.82) is 0 Å². The highest BCUT2D eigenvalue weighted by molar-refractivity contribution is 6.11. The zero-order valence-corrected chi connectivity index (χ0v) is 10.1. The first kappa shape index (κ1) is 9.77. The number of rotatable bonds is 0. The summed E-state index contributed by atoms with van der Waals surface area (Å²) in [7, 11) is 0. The highest BCUT2D eigenvalue weighted by atomic mass is 16.7. The Morgan fingerprint density at radius 2 is 1.72 bits per heavy atom. The van der Waals surface area contributed by atoms with E-state index in [-0.39, 0.29) is 0 Å². The van der Waals surface area contributed by atoms with Crippen LogP contribution < -0.4 is 9.47 Å². The monoisotopic (exact) mass is 236 g/mol. The van der Waals surface area contributed by atoms with Gasteiger partial charge >= 0.3 is 0 Å². The Morgan fingerprint density at radius 3 is 2.67 bits per heavy atom. The predicted molar refractivity (Wildman–Crippen MR) is 72.3 cm³/mol. The van der Waals surface area contributed by atoms with E-state index in [1.54, 1.807) is 0 Å². The first-order chi connectivity index (χ1) is 8.83. The largest absolute Gasteiger partial charge is 0.454 e. The lowest BCUT2D eigenvalue weighted by molar-refractivity contribution is 0.175. The van der Waals surface area contributed by atoms with Crippen LogP contribution in [0.5, 0.6) is 11.5 Å². The van der Waals surface area contributed by atoms with E-state index in [1.807, 2.05) is 6.07 Å². The predicted octanol–water partition coefficient (Wildman–Crippen LogP) is 4.03. The molecule has 88 valence electrons. The molecule has 3 aromatic rings. The van der Waals surface area contributed by atoms with E-state index >= 15 is 0 Å². The van der Waals surface area contributed by atoms with E-state index in [2.05, 4.69) is 43.3 Å². The van der Waals surface area contributed by atoms with Crippen molar-refractivity contribution in [3.05, 3.63) is 48.0 Å². The average molecular weight is 236 g/mol. The maximum absolute atomic E-state index is 5.63. The number of hydrogen-bond donors (Lipinski definition) is 0. The van der Waals surface area contributed by atoms with E-state index in [0.29, 0.717) is 6.79 Å². The normalized spacial score (nSPS) is 13.4. The van der Waals surface area contributed by atoms with Crippen molar-refractivity contribution in [3.63, 3.8) is 0 Å². The van der Waals surface area contributed by atoms with Gasteiger partial charge in [-0.15, -0.1) is 0 Å². The van der Waals surface area contributed by atoms with Gasteiger partial charge in [-0.25, -0.2) is 0 Å². The summed E-state index contributed by atoms with van der Waals surface area (Å²) in [6.45, 7) is 2.43. The molecule has 3 aromatic carbocycles. The van der Waals surface area contributed by atoms with Crippen LogP contribution in [0, 0.1) is 6.92 Å². The Hall–Kier alpha value is -2.22. The second-order valence-corrected chi connectivity index (χ2v) is 4.69. The molecular weight excluding hydrogens is 224 g/mol. The van der Waals surface area contributed by atoms with Crippen molar-refractivity contribution in [2.45, 2.75) is 6.92 Å². The lowest BCUT2D eigenvalue weighted by Gasteiger charge is -2.07. The summed E-state index contributed by atoms with van der Waals surface area (Å²) in [5, 5.41) is 4.81. The Morgan fingerprint density at radius 1 is 0.889 bits per heavy atom. The van der Waals surface area contributed by atoms with Gasteiger partial charge in [0, 0.05) is 5.39 Å². The molecule has 0 radical (unpaired) electrons. The molecule has 0 saturated carbocycles. The van der Waals surface area contributed by atoms with E-state index in [1.165, 1.54) is 21.7 Å². The highest BCUT2D eigenvalue weighted by Crippen LogP contribution is 2.42. The molecule has 0 aromatic heterocycles. The third kappa shape index (κ3) is 1.23. The fraction of sp³-hybridized carbons (Fsp3) is 0.125. The topological polar surface area (TPSA) is 18.5 Å². The van der Waals surface area contributed by atoms with Crippen LogP contribution in [0.15, 0.2) is 42.5 Å². The lowest BCUT2D eigenvalue weighted by atomic mass is 9.99. The number of ether oxygens (including phenoxy) is 2. The van der Waals surface area contributed by atoms with Gasteiger partial charge in [0.15, 0.2) is 11.5 Å². The molecule has 2 nitrogen and oxygen atoms in total. The fourth-order valence-corrected chi connectivity index (χ4v) is 2.63. The molecule has 0 aliphatic carbocycles. The van der Waals surface area contributed by atoms with Crippen LogP contribution in [0.3, 0.4) is 0 Å². The van der Waals surface area contributed by atoms with Crippen LogP contribution in [-0.2, 0) is 0 Å². The molecule has 1 heterocycles. The first-order valence-corrected chi connectivity index (χ1v) is 6.04. The second-order valence-electron chi connectivity index (χ2n) is 4.69. The van der Waals surface area contributed by atoms with E-state index in [9.17, 15) is 0 Å². The summed E-state index contributed by atoms with van der Waals surface area (Å²) in [6.07, 6.45) is 0. The van der Waals surface area contributed by atoms with Gasteiger partial charge in [-0.3, -0.25) is 0 Å². The van der Waals surface area contributed by atoms with Gasteiger partial charge in [0.05, 0.1) is 0 Å². The molecule has 1 aliphatic rings. The van der Waals surface area contributed by atoms with Crippen LogP contribution in [0.1, 0.15) is 5.56 Å². The molecule has 4 rings (SSSR count). The number of aryl methyl sites for hydroxylation is 1. The molecule has 1 aliphatic heterocycles. The maximum atomic E-state index is 5.63. The molecule has 0 fully saturated rings. The number of hydrogen-bond acceptors (Lipinski definition) is 2. The van der Waals surface area contributed by atoms with E-state index in [4.69, 9.17) is 9.47 Å². The molecule has 0 unspecified atom stereocenters. The zero-order chi connectivity index (χ0) is 12.1. The fourth-order valence-electron chi connectivity index (χ4n) is 2.63. The molecule has 0 saturated heterocycles. The molecular formula is C16H12O2. The van der Waals surface area contributed by atoms with Crippen LogP contribution >= 0.6 is 0 Å². The van der Waals surface area contributed by atoms with Crippen molar-refractivity contribution < 1.29 is 9.47 Å². The molecule has 18 heavy (non-hydrogen) atoms. The zero-order valence-electron chi connectivity index (χ0n) is 10.1. The molecule has 0 N–H and O–H groups in total. The van der Waals surface area contributed by atoms with Crippen LogP contribution in [0.2, 0.25) is 0 Å². The summed E-state index contributed by atoms with van der Waals surface area (Å²) in [6, 6.07) is 14.9. The minimum Gasteiger partial charge on any atom is -0.454 e. The Kier molecular flexibility index (Phi) is 1.84. The minimum absolute atomic E-state index is 0.316. The second kappa shape index (κ2) is 3.39. The van der Waals surface area contributed by atoms with Crippen LogP contribution in [-0.4, -0.2) is 6.79 Å². The lowest BCUT2D eigenvalue weighted by Crippen LogP contribution is -1.93. The third-order valence-electron chi connectivity index (χ3n) is 3.49. The van der Waals surface area contributed by atoms with Crippen molar-refractivity contribution in [2.24, 2.45) is 0 Å². The standard InChI is InChI=1S/C16H12O2/c1-10-2-6-13-12(8-10)4-3-11-5-7-14-16(15(11)13)18-9-17-14/h2-8H,9H2,1H3. The van der Waals surface area contributed by atoms with Crippen molar-refractivity contribution in [2.75, 3.05) is 6.79 Å². The van der Waals surface area contributed by atoms with Gasteiger partial charge in [-0.05, 0) is 29.1 Å². The van der Waals surface area contributed by atoms with Crippen LogP contribution in [0.25, 0.3) is 21.5 Å². The van der Waals surface area contributed by atoms with Gasteiger partial charge in [0.25, 0.3) is 0 Å². The smallest absolute Gasteiger partial charge is 0.231 e. The van der Waals surface area contributed by atoms with Gasteiger partial charge in [-0.1, -0.05) is 42.0 Å². The third-order valence-corrected chi connectivity index (χ3v) is 3.49. The number of fused-ring (bicyclic) bond motifs is 5. The van der Waals surface area contributed by atoms with Crippen molar-refractivity contribution >= 4 is 21.5 Å². The summed E-state index contributed by atoms with van der Waals surface area (Å²) in [5.41, 5.74) is 1.27. The molecule has 0 atom stereocenters. The van der Waals surface area contributed by atoms with Gasteiger partial charge < -0.3 is 9.47 Å². The molecule has 0 bridgehead atoms. The van der Waals surface area contributed by atoms with E-state index in [0.717, 1.165) is 16.9 Å². The van der Waals surface area contributed by atoms with Crippen molar-refractivity contribution in [3.8, 4) is 11.5 Å². The Balaban J connectivity index is 2.23. The van der Waals surface area contributed by atoms with Gasteiger partial charge in [-0.2, -0.15) is 0 Å². The Labute approximate surface area is 105 Å². The first-order valence-electron chi connectivity index (χ1n) is 6.04. The van der Waals surface area contributed by atoms with Crippen LogP contribution in [0.4, 0.5) is 0 Å². The molecule has 0 spiro atoms. The van der Waals surface area contributed by atoms with E-state index < -0.39 is 0 Å². The summed E-state index contributed by atoms with van der Waals surface area (Å²) in [4.78, 5) is 0. The quantitative estimate of drug-likeness (QED) is 0.549. The van der Waals surface area contributed by atoms with Crippen molar-refractivity contribution in [1.82, 2.24) is 0 Å². The SMILES string of the molecule is Cc1ccc2c(ccc3ccc4c(c32)OCO4)c1.